The molecule has 2 atom stereocenters. The molecule has 1 unspecified atom stereocenters. The van der Waals surface area contributed by atoms with E-state index in [4.69, 9.17) is 20.3 Å². The summed E-state index contributed by atoms with van der Waals surface area (Å²) in [7, 11) is 3.20. The monoisotopic (exact) mass is 528 g/mol. The van der Waals surface area contributed by atoms with Crippen LogP contribution >= 0.6 is 15.9 Å². The average molecular weight is 529 g/mol. The largest absolute Gasteiger partial charge is 0.497 e. The number of rotatable bonds is 7. The Bertz CT molecular complexity index is 1120. The molecule has 0 saturated heterocycles. The summed E-state index contributed by atoms with van der Waals surface area (Å²) in [5.74, 6) is 1.41. The number of nitrogens with two attached hydrogens (primary N) is 1. The fourth-order valence-corrected chi connectivity index (χ4v) is 4.12. The molecule has 1 amide bonds. The molecule has 180 valence electrons. The van der Waals surface area contributed by atoms with E-state index in [2.05, 4.69) is 15.9 Å². The first kappa shape index (κ1) is 25.7. The van der Waals surface area contributed by atoms with Crippen molar-refractivity contribution in [2.75, 3.05) is 27.4 Å². The summed E-state index contributed by atoms with van der Waals surface area (Å²) in [4.78, 5) is 14.3. The summed E-state index contributed by atoms with van der Waals surface area (Å²) >= 11 is 3.39. The first-order valence-electron chi connectivity index (χ1n) is 10.8. The number of aliphatic hydroxyl groups excluding tert-OH is 2. The Morgan fingerprint density at radius 1 is 0.941 bits per heavy atom. The Balaban J connectivity index is 0.000000229. The molecule has 4 rings (SSSR count). The van der Waals surface area contributed by atoms with Gasteiger partial charge >= 0.3 is 0 Å². The molecule has 1 aliphatic rings. The van der Waals surface area contributed by atoms with E-state index in [1.807, 2.05) is 66.7 Å². The zero-order chi connectivity index (χ0) is 24.7. The highest BCUT2D eigenvalue weighted by Gasteiger charge is 2.33. The van der Waals surface area contributed by atoms with Crippen LogP contribution in [0.5, 0.6) is 11.5 Å². The fourth-order valence-electron chi connectivity index (χ4n) is 3.76. The Morgan fingerprint density at radius 2 is 1.56 bits per heavy atom. The Hall–Kier alpha value is -2.91. The van der Waals surface area contributed by atoms with Gasteiger partial charge in [-0.1, -0.05) is 46.3 Å². The predicted molar refractivity (Wildman–Crippen MR) is 134 cm³/mol. The number of halogens is 1. The van der Waals surface area contributed by atoms with Gasteiger partial charge in [-0.25, -0.2) is 0 Å². The number of benzene rings is 3. The first-order chi connectivity index (χ1) is 16.4. The molecule has 34 heavy (non-hydrogen) atoms. The van der Waals surface area contributed by atoms with Crippen molar-refractivity contribution in [3.8, 4) is 11.5 Å². The van der Waals surface area contributed by atoms with E-state index in [1.165, 1.54) is 0 Å². The van der Waals surface area contributed by atoms with Crippen LogP contribution in [0, 0.1) is 0 Å². The molecule has 1 aliphatic heterocycles. The lowest BCUT2D eigenvalue weighted by atomic mass is 10.1. The summed E-state index contributed by atoms with van der Waals surface area (Å²) in [5.41, 5.74) is 9.03. The van der Waals surface area contributed by atoms with E-state index >= 15 is 0 Å². The Morgan fingerprint density at radius 3 is 2.15 bits per heavy atom. The van der Waals surface area contributed by atoms with Crippen LogP contribution in [0.2, 0.25) is 0 Å². The molecular weight excluding hydrogens is 500 g/mol. The molecule has 3 aromatic carbocycles. The summed E-state index contributed by atoms with van der Waals surface area (Å²) in [6.45, 7) is 0.325. The van der Waals surface area contributed by atoms with Gasteiger partial charge in [0.05, 0.1) is 39.5 Å². The van der Waals surface area contributed by atoms with Crippen molar-refractivity contribution in [3.05, 3.63) is 93.5 Å². The number of nitrogens with zero attached hydrogens (tertiary/aromatic N) is 1. The minimum atomic E-state index is -0.381. The van der Waals surface area contributed by atoms with Crippen LogP contribution in [0.25, 0.3) is 0 Å². The second kappa shape index (κ2) is 12.0. The van der Waals surface area contributed by atoms with Gasteiger partial charge < -0.3 is 30.3 Å². The lowest BCUT2D eigenvalue weighted by molar-refractivity contribution is 0.0615. The molecule has 0 spiro atoms. The van der Waals surface area contributed by atoms with E-state index in [-0.39, 0.29) is 31.2 Å². The highest BCUT2D eigenvalue weighted by Crippen LogP contribution is 2.33. The van der Waals surface area contributed by atoms with Crippen molar-refractivity contribution in [2.45, 2.75) is 18.6 Å². The zero-order valence-electron chi connectivity index (χ0n) is 19.1. The maximum Gasteiger partial charge on any atom is 0.255 e. The molecule has 8 heteroatoms. The highest BCUT2D eigenvalue weighted by molar-refractivity contribution is 9.10. The fraction of sp³-hybridized carbons (Fsp3) is 0.269. The average Bonchev–Trinajstić information content (AvgIpc) is 3.19. The normalized spacial score (nSPS) is 14.1. The van der Waals surface area contributed by atoms with Crippen LogP contribution in [-0.4, -0.2) is 48.5 Å². The van der Waals surface area contributed by atoms with E-state index < -0.39 is 0 Å². The zero-order valence-corrected chi connectivity index (χ0v) is 20.7. The minimum absolute atomic E-state index is 0.0484. The number of carbonyl (C=O) groups excluding carboxylic acids is 1. The predicted octanol–water partition coefficient (Wildman–Crippen LogP) is 3.83. The topological polar surface area (TPSA) is 105 Å². The van der Waals surface area contributed by atoms with Crippen LogP contribution in [-0.2, 0) is 6.54 Å². The highest BCUT2D eigenvalue weighted by atomic mass is 79.9. The molecule has 3 aromatic rings. The molecule has 0 radical (unpaired) electrons. The number of hydrogen-bond donors (Lipinski definition) is 3. The van der Waals surface area contributed by atoms with Gasteiger partial charge in [-0.2, -0.15) is 0 Å². The molecule has 4 N–H and O–H groups in total. The van der Waals surface area contributed by atoms with Gasteiger partial charge in [0.15, 0.2) is 0 Å². The molecule has 1 heterocycles. The number of amides is 1. The number of hydrogen-bond acceptors (Lipinski definition) is 6. The van der Waals surface area contributed by atoms with Crippen LogP contribution in [0.4, 0.5) is 0 Å². The van der Waals surface area contributed by atoms with Crippen LogP contribution in [0.15, 0.2) is 71.2 Å². The second-order valence-electron chi connectivity index (χ2n) is 7.78. The number of fused-ring (bicyclic) bond motifs is 1. The maximum absolute atomic E-state index is 12.6. The van der Waals surface area contributed by atoms with E-state index in [1.54, 1.807) is 19.1 Å². The van der Waals surface area contributed by atoms with E-state index in [0.717, 1.165) is 26.9 Å². The Labute approximate surface area is 207 Å². The van der Waals surface area contributed by atoms with Crippen molar-refractivity contribution >= 4 is 21.8 Å². The summed E-state index contributed by atoms with van der Waals surface area (Å²) in [5, 5.41) is 18.6. The van der Waals surface area contributed by atoms with Crippen molar-refractivity contribution in [2.24, 2.45) is 5.73 Å². The van der Waals surface area contributed by atoms with Gasteiger partial charge in [0.1, 0.15) is 11.5 Å². The van der Waals surface area contributed by atoms with Gasteiger partial charge in [0, 0.05) is 16.6 Å². The quantitative estimate of drug-likeness (QED) is 0.430. The van der Waals surface area contributed by atoms with Gasteiger partial charge in [-0.3, -0.25) is 4.79 Å². The lowest BCUT2D eigenvalue weighted by Gasteiger charge is -2.26. The SMILES string of the molecule is COc1cccc(C(N)CO)c1.COc1cccc([C@@H](CO)N2Cc3ccc(Br)cc3C2=O)c1. The van der Waals surface area contributed by atoms with Gasteiger partial charge in [0.2, 0.25) is 0 Å². The smallest absolute Gasteiger partial charge is 0.255 e. The summed E-state index contributed by atoms with van der Waals surface area (Å²) < 4.78 is 11.1. The van der Waals surface area contributed by atoms with Gasteiger partial charge in [0.25, 0.3) is 5.91 Å². The van der Waals surface area contributed by atoms with Gasteiger partial charge in [-0.05, 0) is 53.1 Å². The second-order valence-corrected chi connectivity index (χ2v) is 8.69. The van der Waals surface area contributed by atoms with Crippen molar-refractivity contribution in [1.29, 1.82) is 0 Å². The summed E-state index contributed by atoms with van der Waals surface area (Å²) in [6, 6.07) is 19.8. The number of ether oxygens (including phenoxy) is 2. The molecule has 0 bridgehead atoms. The van der Waals surface area contributed by atoms with Crippen molar-refractivity contribution < 1.29 is 24.5 Å². The van der Waals surface area contributed by atoms with E-state index in [0.29, 0.717) is 17.9 Å². The van der Waals surface area contributed by atoms with Crippen molar-refractivity contribution in [1.82, 2.24) is 4.90 Å². The summed E-state index contributed by atoms with van der Waals surface area (Å²) in [6.07, 6.45) is 0. The number of carbonyl (C=O) groups is 1. The first-order valence-corrected chi connectivity index (χ1v) is 11.6. The van der Waals surface area contributed by atoms with Crippen LogP contribution < -0.4 is 15.2 Å². The third kappa shape index (κ3) is 5.95. The third-order valence-corrected chi connectivity index (χ3v) is 6.14. The van der Waals surface area contributed by atoms with Crippen LogP contribution in [0.1, 0.15) is 39.1 Å². The molecule has 0 aliphatic carbocycles. The van der Waals surface area contributed by atoms with Crippen molar-refractivity contribution in [3.63, 3.8) is 0 Å². The maximum atomic E-state index is 12.6. The van der Waals surface area contributed by atoms with Crippen LogP contribution in [0.3, 0.4) is 0 Å². The minimum Gasteiger partial charge on any atom is -0.497 e. The van der Waals surface area contributed by atoms with E-state index in [9.17, 15) is 9.90 Å². The molecule has 0 fully saturated rings. The number of methoxy groups -OCH3 is 2. The molecular formula is C26H29BrN2O5. The Kier molecular flexibility index (Phi) is 9.06. The third-order valence-electron chi connectivity index (χ3n) is 5.65. The standard InChI is InChI=1S/C17H16BrNO3.C9H13NO2/c1-22-14-4-2-3-11(7-14)16(10-20)19-9-12-5-6-13(18)8-15(12)17(19)21;1-12-8-4-2-3-7(5-8)9(10)6-11/h2-8,16,20H,9-10H2,1H3;2-5,9,11H,6,10H2,1H3/t16-;/m1./s1. The number of aliphatic hydroxyl groups is 2. The molecule has 0 saturated carbocycles. The molecule has 0 aromatic heterocycles. The lowest BCUT2D eigenvalue weighted by Crippen LogP contribution is -2.31. The van der Waals surface area contributed by atoms with Gasteiger partial charge in [-0.15, -0.1) is 0 Å². The molecule has 7 nitrogen and oxygen atoms in total.